The zero-order chi connectivity index (χ0) is 33.9. The number of anilines is 1. The van der Waals surface area contributed by atoms with Crippen LogP contribution in [0.2, 0.25) is 10.0 Å². The number of hydrogen-bond donors (Lipinski definition) is 3. The molecule has 2 atom stereocenters. The third-order valence-electron chi connectivity index (χ3n) is 8.69. The number of aryl methyl sites for hydroxylation is 1. The Balaban J connectivity index is 1.22. The normalized spacial score (nSPS) is 19.6. The molecule has 248 valence electrons. The standard InChI is InChI=1S/C33H31Cl2F3N4O5/c34-24-16-39-17-25(35)28(24)30(44)40-22-10-3-19(4-11-22)15-26(32(46)47)41-31(45)29-20-6-12-23(13-7-20)42(29)27(43)14-5-18-1-8-21(9-2-18)33(36,37)38/h1-4,8-11,16-17,20,23,26,29H,5-7,12-15H2,(H,40,44)(H,41,45)(H,46,47). The number of rotatable bonds is 10. The number of nitrogens with one attached hydrogen (secondary N) is 2. The predicted octanol–water partition coefficient (Wildman–Crippen LogP) is 6.17. The highest BCUT2D eigenvalue weighted by atomic mass is 35.5. The second kappa shape index (κ2) is 14.3. The molecule has 3 fully saturated rings. The highest BCUT2D eigenvalue weighted by Gasteiger charge is 2.47. The van der Waals surface area contributed by atoms with Gasteiger partial charge in [0.1, 0.15) is 12.1 Å². The van der Waals surface area contributed by atoms with Crippen LogP contribution in [0.1, 0.15) is 59.2 Å². The van der Waals surface area contributed by atoms with E-state index in [0.717, 1.165) is 37.8 Å². The van der Waals surface area contributed by atoms with Gasteiger partial charge in [0, 0.05) is 37.0 Å². The molecular formula is C33H31Cl2F3N4O5. The number of carboxylic acids is 1. The van der Waals surface area contributed by atoms with Crippen LogP contribution in [-0.4, -0.2) is 56.8 Å². The average Bonchev–Trinajstić information content (AvgIpc) is 3.04. The molecule has 0 radical (unpaired) electrons. The Morgan fingerprint density at radius 1 is 0.915 bits per heavy atom. The van der Waals surface area contributed by atoms with Gasteiger partial charge in [0.25, 0.3) is 5.91 Å². The minimum Gasteiger partial charge on any atom is -0.480 e. The van der Waals surface area contributed by atoms with E-state index in [1.165, 1.54) is 24.5 Å². The van der Waals surface area contributed by atoms with E-state index < -0.39 is 41.6 Å². The van der Waals surface area contributed by atoms with Crippen molar-refractivity contribution in [3.63, 3.8) is 0 Å². The predicted molar refractivity (Wildman–Crippen MR) is 168 cm³/mol. The van der Waals surface area contributed by atoms with Gasteiger partial charge in [0.05, 0.1) is 21.2 Å². The quantitative estimate of drug-likeness (QED) is 0.233. The van der Waals surface area contributed by atoms with Crippen LogP contribution in [0.3, 0.4) is 0 Å². The van der Waals surface area contributed by atoms with Gasteiger partial charge in [-0.1, -0.05) is 47.5 Å². The lowest BCUT2D eigenvalue weighted by Crippen LogP contribution is -2.64. The van der Waals surface area contributed by atoms with Crippen molar-refractivity contribution in [3.8, 4) is 0 Å². The summed E-state index contributed by atoms with van der Waals surface area (Å²) in [7, 11) is 0. The summed E-state index contributed by atoms with van der Waals surface area (Å²) in [5.41, 5.74) is 0.832. The van der Waals surface area contributed by atoms with Crippen LogP contribution in [0.15, 0.2) is 60.9 Å². The van der Waals surface area contributed by atoms with E-state index >= 15 is 0 Å². The first-order valence-electron chi connectivity index (χ1n) is 15.0. The molecule has 3 heterocycles. The third kappa shape index (κ3) is 8.05. The number of fused-ring (bicyclic) bond motifs is 3. The summed E-state index contributed by atoms with van der Waals surface area (Å²) in [6.45, 7) is 0. The van der Waals surface area contributed by atoms with Gasteiger partial charge in [0.2, 0.25) is 11.8 Å². The zero-order valence-corrected chi connectivity index (χ0v) is 26.4. The van der Waals surface area contributed by atoms with Crippen molar-refractivity contribution in [2.75, 3.05) is 5.32 Å². The average molecular weight is 692 g/mol. The Hall–Kier alpha value is -4.16. The number of aliphatic carboxylic acids is 1. The SMILES string of the molecule is O=C(Nc1ccc(CC(NC(=O)C2C3CCC(CC3)N2C(=O)CCc2ccc(C(F)(F)F)cc2)C(=O)O)cc1)c1c(Cl)cncc1Cl. The van der Waals surface area contributed by atoms with Crippen LogP contribution < -0.4 is 10.6 Å². The van der Waals surface area contributed by atoms with E-state index in [-0.39, 0.29) is 52.7 Å². The summed E-state index contributed by atoms with van der Waals surface area (Å²) < 4.78 is 38.8. The van der Waals surface area contributed by atoms with Gasteiger partial charge in [-0.15, -0.1) is 0 Å². The van der Waals surface area contributed by atoms with Crippen molar-refractivity contribution in [2.45, 2.75) is 69.2 Å². The number of nitrogens with zero attached hydrogens (tertiary/aromatic N) is 2. The van der Waals surface area contributed by atoms with E-state index in [4.69, 9.17) is 23.2 Å². The van der Waals surface area contributed by atoms with Gasteiger partial charge >= 0.3 is 12.1 Å². The van der Waals surface area contributed by atoms with Crippen molar-refractivity contribution in [1.82, 2.24) is 15.2 Å². The minimum atomic E-state index is -4.46. The molecule has 3 amide bonds. The number of hydrogen-bond acceptors (Lipinski definition) is 5. The second-order valence-electron chi connectivity index (χ2n) is 11.7. The first-order valence-corrected chi connectivity index (χ1v) is 15.8. The Kier molecular flexibility index (Phi) is 10.4. The Morgan fingerprint density at radius 3 is 2.09 bits per heavy atom. The maximum Gasteiger partial charge on any atom is 0.416 e. The molecule has 3 aromatic rings. The lowest BCUT2D eigenvalue weighted by atomic mass is 9.74. The summed E-state index contributed by atoms with van der Waals surface area (Å²) in [6, 6.07) is 8.73. The van der Waals surface area contributed by atoms with Crippen LogP contribution in [0.4, 0.5) is 18.9 Å². The van der Waals surface area contributed by atoms with E-state index in [1.54, 1.807) is 29.2 Å². The lowest BCUT2D eigenvalue weighted by Gasteiger charge is -2.50. The van der Waals surface area contributed by atoms with Crippen molar-refractivity contribution in [2.24, 2.45) is 5.92 Å². The van der Waals surface area contributed by atoms with E-state index in [0.29, 0.717) is 16.8 Å². The number of aromatic nitrogens is 1. The molecule has 14 heteroatoms. The molecule has 6 rings (SSSR count). The number of halogens is 5. The van der Waals surface area contributed by atoms with Crippen LogP contribution in [0.25, 0.3) is 0 Å². The van der Waals surface area contributed by atoms with Crippen molar-refractivity contribution in [3.05, 3.63) is 93.2 Å². The lowest BCUT2D eigenvalue weighted by molar-refractivity contribution is -0.154. The van der Waals surface area contributed by atoms with E-state index in [1.807, 2.05) is 0 Å². The summed E-state index contributed by atoms with van der Waals surface area (Å²) in [5.74, 6) is -2.78. The summed E-state index contributed by atoms with van der Waals surface area (Å²) in [6.07, 6.45) is 1.20. The fraction of sp³-hybridized carbons (Fsp3) is 0.364. The highest BCUT2D eigenvalue weighted by Crippen LogP contribution is 2.40. The van der Waals surface area contributed by atoms with Gasteiger partial charge in [-0.25, -0.2) is 4.79 Å². The largest absolute Gasteiger partial charge is 0.480 e. The molecule has 2 aliphatic heterocycles. The second-order valence-corrected chi connectivity index (χ2v) is 12.6. The number of piperidine rings is 2. The number of carbonyl (C=O) groups is 4. The van der Waals surface area contributed by atoms with E-state index in [9.17, 15) is 37.5 Å². The van der Waals surface area contributed by atoms with Gasteiger partial charge < -0.3 is 20.6 Å². The monoisotopic (exact) mass is 690 g/mol. The zero-order valence-electron chi connectivity index (χ0n) is 24.9. The number of alkyl halides is 3. The number of amides is 3. The Bertz CT molecular complexity index is 1630. The Labute approximate surface area is 278 Å². The topological polar surface area (TPSA) is 129 Å². The van der Waals surface area contributed by atoms with Crippen LogP contribution in [0.5, 0.6) is 0 Å². The maximum atomic E-state index is 13.6. The molecule has 1 saturated carbocycles. The minimum absolute atomic E-state index is 0.00316. The third-order valence-corrected chi connectivity index (χ3v) is 9.27. The first kappa shape index (κ1) is 34.2. The van der Waals surface area contributed by atoms with Gasteiger partial charge in [-0.3, -0.25) is 19.4 Å². The Morgan fingerprint density at radius 2 is 1.51 bits per heavy atom. The molecule has 2 saturated heterocycles. The van der Waals surface area contributed by atoms with Crippen molar-refractivity contribution >= 4 is 52.6 Å². The van der Waals surface area contributed by atoms with Crippen molar-refractivity contribution in [1.29, 1.82) is 0 Å². The number of carboxylic acid groups (broad SMARTS) is 1. The van der Waals surface area contributed by atoms with Gasteiger partial charge in [-0.2, -0.15) is 13.2 Å². The summed E-state index contributed by atoms with van der Waals surface area (Å²) >= 11 is 12.1. The smallest absolute Gasteiger partial charge is 0.416 e. The molecule has 1 aromatic heterocycles. The molecule has 47 heavy (non-hydrogen) atoms. The number of benzene rings is 2. The maximum absolute atomic E-state index is 13.6. The summed E-state index contributed by atoms with van der Waals surface area (Å²) in [5, 5.41) is 15.4. The first-order chi connectivity index (χ1) is 22.3. The van der Waals surface area contributed by atoms with Crippen LogP contribution >= 0.6 is 23.2 Å². The molecular weight excluding hydrogens is 660 g/mol. The van der Waals surface area contributed by atoms with Crippen LogP contribution in [0, 0.1) is 5.92 Å². The van der Waals surface area contributed by atoms with Gasteiger partial charge in [0.15, 0.2) is 0 Å². The molecule has 9 nitrogen and oxygen atoms in total. The molecule has 2 aromatic carbocycles. The molecule has 1 aliphatic carbocycles. The fourth-order valence-electron chi connectivity index (χ4n) is 6.33. The van der Waals surface area contributed by atoms with Gasteiger partial charge in [-0.05, 0) is 73.4 Å². The molecule has 2 bridgehead atoms. The van der Waals surface area contributed by atoms with E-state index in [2.05, 4.69) is 15.6 Å². The van der Waals surface area contributed by atoms with Crippen LogP contribution in [-0.2, 0) is 33.4 Å². The molecule has 3 aliphatic rings. The fourth-order valence-corrected chi connectivity index (χ4v) is 6.86. The number of carbonyl (C=O) groups excluding carboxylic acids is 3. The molecule has 0 spiro atoms. The molecule has 3 N–H and O–H groups in total. The van der Waals surface area contributed by atoms with Crippen molar-refractivity contribution < 1.29 is 37.5 Å². The summed E-state index contributed by atoms with van der Waals surface area (Å²) in [4.78, 5) is 57.4. The highest BCUT2D eigenvalue weighted by molar-refractivity contribution is 6.40. The molecule has 2 unspecified atom stereocenters. The number of pyridine rings is 1.